The molecule has 0 aliphatic rings. The molecule has 0 aliphatic heterocycles. The van der Waals surface area contributed by atoms with Crippen molar-refractivity contribution in [1.29, 1.82) is 0 Å². The molecule has 0 saturated carbocycles. The number of nitrogens with one attached hydrogen (secondary N) is 1. The lowest BCUT2D eigenvalue weighted by Gasteiger charge is -2.21. The largest absolute Gasteiger partial charge is 0.352 e. The summed E-state index contributed by atoms with van der Waals surface area (Å²) in [5, 5.41) is 3.37. The maximum atomic E-state index is 13.0. The minimum Gasteiger partial charge on any atom is -0.352 e. The molecule has 5 nitrogen and oxygen atoms in total. The van der Waals surface area contributed by atoms with Gasteiger partial charge in [0.05, 0.1) is 4.90 Å². The molecule has 0 aliphatic carbocycles. The van der Waals surface area contributed by atoms with E-state index in [1.54, 1.807) is 42.5 Å². The van der Waals surface area contributed by atoms with Gasteiger partial charge >= 0.3 is 0 Å². The molecule has 156 valence electrons. The molecular weight excluding hydrogens is 408 g/mol. The van der Waals surface area contributed by atoms with E-state index >= 15 is 0 Å². The molecule has 0 fully saturated rings. The summed E-state index contributed by atoms with van der Waals surface area (Å²) in [4.78, 5) is 12.3. The van der Waals surface area contributed by atoms with E-state index < -0.39 is 10.0 Å². The summed E-state index contributed by atoms with van der Waals surface area (Å²) in [6.07, 6.45) is 4.69. The zero-order valence-electron chi connectivity index (χ0n) is 16.6. The number of benzene rings is 2. The van der Waals surface area contributed by atoms with Crippen LogP contribution in [0, 0.1) is 0 Å². The molecule has 2 rings (SSSR count). The van der Waals surface area contributed by atoms with Gasteiger partial charge in [0.15, 0.2) is 0 Å². The summed E-state index contributed by atoms with van der Waals surface area (Å²) in [5.74, 6) is -0.121. The molecule has 1 N–H and O–H groups in total. The lowest BCUT2D eigenvalue weighted by molar-refractivity contribution is 0.0953. The van der Waals surface area contributed by atoms with Crippen LogP contribution in [0.25, 0.3) is 0 Å². The van der Waals surface area contributed by atoms with Crippen molar-refractivity contribution in [2.45, 2.75) is 37.6 Å². The number of sulfonamides is 1. The van der Waals surface area contributed by atoms with Crippen molar-refractivity contribution < 1.29 is 13.2 Å². The standard InChI is InChI=1S/C22H27ClN2O3S/c1-3-5-6-15-24-22(26)19-9-7-18(8-10-19)17-25(16-4-2)29(27,28)21-13-11-20(23)12-14-21/h4,7-14H,2-3,5-6,15-17H2,1H3,(H,24,26). The van der Waals surface area contributed by atoms with Crippen LogP contribution < -0.4 is 5.32 Å². The Balaban J connectivity index is 2.09. The van der Waals surface area contributed by atoms with Gasteiger partial charge in [-0.25, -0.2) is 8.42 Å². The zero-order valence-corrected chi connectivity index (χ0v) is 18.2. The van der Waals surface area contributed by atoms with E-state index in [-0.39, 0.29) is 23.9 Å². The minimum atomic E-state index is -3.70. The van der Waals surface area contributed by atoms with Gasteiger partial charge in [-0.2, -0.15) is 4.31 Å². The Morgan fingerprint density at radius 1 is 1.10 bits per heavy atom. The Bertz CT molecular complexity index is 910. The lowest BCUT2D eigenvalue weighted by atomic mass is 10.1. The molecule has 0 aromatic heterocycles. The fourth-order valence-electron chi connectivity index (χ4n) is 2.79. The van der Waals surface area contributed by atoms with E-state index in [0.29, 0.717) is 17.1 Å². The molecular formula is C22H27ClN2O3S. The summed E-state index contributed by atoms with van der Waals surface area (Å²) in [6.45, 7) is 6.78. The first-order valence-corrected chi connectivity index (χ1v) is 11.4. The van der Waals surface area contributed by atoms with Gasteiger partial charge in [-0.05, 0) is 48.4 Å². The average molecular weight is 435 g/mol. The first-order chi connectivity index (χ1) is 13.9. The monoisotopic (exact) mass is 434 g/mol. The van der Waals surface area contributed by atoms with E-state index in [9.17, 15) is 13.2 Å². The lowest BCUT2D eigenvalue weighted by Crippen LogP contribution is -2.31. The number of carbonyl (C=O) groups excluding carboxylic acids is 1. The molecule has 0 heterocycles. The summed E-state index contributed by atoms with van der Waals surface area (Å²) in [5.41, 5.74) is 1.34. The Kier molecular flexibility index (Phi) is 8.89. The molecule has 0 saturated heterocycles. The van der Waals surface area contributed by atoms with Gasteiger partial charge in [-0.3, -0.25) is 4.79 Å². The highest BCUT2D eigenvalue weighted by molar-refractivity contribution is 7.89. The highest BCUT2D eigenvalue weighted by Gasteiger charge is 2.23. The maximum Gasteiger partial charge on any atom is 0.251 e. The predicted octanol–water partition coefficient (Wildman–Crippen LogP) is 4.64. The SMILES string of the molecule is C=CCN(Cc1ccc(C(=O)NCCCCC)cc1)S(=O)(=O)c1ccc(Cl)cc1. The van der Waals surface area contributed by atoms with Crippen molar-refractivity contribution in [3.8, 4) is 0 Å². The number of unbranched alkanes of at least 4 members (excludes halogenated alkanes) is 2. The maximum absolute atomic E-state index is 13.0. The molecule has 0 atom stereocenters. The zero-order chi connectivity index (χ0) is 21.3. The molecule has 7 heteroatoms. The highest BCUT2D eigenvalue weighted by atomic mass is 35.5. The molecule has 2 aromatic carbocycles. The van der Waals surface area contributed by atoms with Crippen LogP contribution in [0.1, 0.15) is 42.1 Å². The summed E-state index contributed by atoms with van der Waals surface area (Å²) in [6, 6.07) is 13.0. The third-order valence-electron chi connectivity index (χ3n) is 4.43. The van der Waals surface area contributed by atoms with Gasteiger partial charge in [-0.15, -0.1) is 6.58 Å². The van der Waals surface area contributed by atoms with Crippen LogP contribution in [-0.4, -0.2) is 31.7 Å². The summed E-state index contributed by atoms with van der Waals surface area (Å²) >= 11 is 5.86. The van der Waals surface area contributed by atoms with Crippen molar-refractivity contribution in [2.75, 3.05) is 13.1 Å². The van der Waals surface area contributed by atoms with Crippen LogP contribution in [0.15, 0.2) is 66.1 Å². The highest BCUT2D eigenvalue weighted by Crippen LogP contribution is 2.20. The third-order valence-corrected chi connectivity index (χ3v) is 6.50. The van der Waals surface area contributed by atoms with E-state index in [4.69, 9.17) is 11.6 Å². The van der Waals surface area contributed by atoms with Gasteiger partial charge in [0.25, 0.3) is 5.91 Å². The van der Waals surface area contributed by atoms with Crippen molar-refractivity contribution in [2.24, 2.45) is 0 Å². The Morgan fingerprint density at radius 2 is 1.76 bits per heavy atom. The van der Waals surface area contributed by atoms with Gasteiger partial charge in [-0.1, -0.05) is 49.6 Å². The number of amides is 1. The van der Waals surface area contributed by atoms with Crippen molar-refractivity contribution >= 4 is 27.5 Å². The fourth-order valence-corrected chi connectivity index (χ4v) is 4.32. The molecule has 0 unspecified atom stereocenters. The van der Waals surface area contributed by atoms with Crippen LogP contribution in [-0.2, 0) is 16.6 Å². The molecule has 0 spiro atoms. The van der Waals surface area contributed by atoms with Crippen LogP contribution in [0.5, 0.6) is 0 Å². The predicted molar refractivity (Wildman–Crippen MR) is 118 cm³/mol. The number of halogens is 1. The van der Waals surface area contributed by atoms with Crippen molar-refractivity contribution in [3.63, 3.8) is 0 Å². The molecule has 2 aromatic rings. The molecule has 29 heavy (non-hydrogen) atoms. The van der Waals surface area contributed by atoms with Crippen LogP contribution in [0.4, 0.5) is 0 Å². The van der Waals surface area contributed by atoms with Crippen molar-refractivity contribution in [3.05, 3.63) is 77.3 Å². The van der Waals surface area contributed by atoms with Gasteiger partial charge in [0, 0.05) is 30.2 Å². The number of carbonyl (C=O) groups is 1. The topological polar surface area (TPSA) is 66.5 Å². The minimum absolute atomic E-state index is 0.121. The first kappa shape index (κ1) is 23.1. The third kappa shape index (κ3) is 6.70. The Labute approximate surface area is 178 Å². The van der Waals surface area contributed by atoms with E-state index in [1.165, 1.54) is 16.4 Å². The van der Waals surface area contributed by atoms with Gasteiger partial charge in [0.2, 0.25) is 10.0 Å². The Morgan fingerprint density at radius 3 is 2.34 bits per heavy atom. The quantitative estimate of drug-likeness (QED) is 0.414. The van der Waals surface area contributed by atoms with Gasteiger partial charge in [0.1, 0.15) is 0 Å². The molecule has 0 radical (unpaired) electrons. The number of hydrogen-bond donors (Lipinski definition) is 1. The van der Waals surface area contributed by atoms with Gasteiger partial charge < -0.3 is 5.32 Å². The summed E-state index contributed by atoms with van der Waals surface area (Å²) < 4.78 is 27.2. The summed E-state index contributed by atoms with van der Waals surface area (Å²) in [7, 11) is -3.70. The number of nitrogens with zero attached hydrogens (tertiary/aromatic N) is 1. The molecule has 1 amide bonds. The Hall–Kier alpha value is -2.15. The molecule has 0 bridgehead atoms. The van der Waals surface area contributed by atoms with Crippen LogP contribution >= 0.6 is 11.6 Å². The van der Waals surface area contributed by atoms with Crippen molar-refractivity contribution in [1.82, 2.24) is 9.62 Å². The second-order valence-electron chi connectivity index (χ2n) is 6.70. The second kappa shape index (κ2) is 11.1. The normalized spacial score (nSPS) is 11.4. The fraction of sp³-hybridized carbons (Fsp3) is 0.318. The number of rotatable bonds is 11. The smallest absolute Gasteiger partial charge is 0.251 e. The number of hydrogen-bond acceptors (Lipinski definition) is 3. The second-order valence-corrected chi connectivity index (χ2v) is 9.07. The van der Waals surface area contributed by atoms with E-state index in [0.717, 1.165) is 24.8 Å². The van der Waals surface area contributed by atoms with E-state index in [2.05, 4.69) is 18.8 Å². The average Bonchev–Trinajstić information content (AvgIpc) is 2.71. The van der Waals surface area contributed by atoms with Crippen LogP contribution in [0.2, 0.25) is 5.02 Å². The van der Waals surface area contributed by atoms with E-state index in [1.807, 2.05) is 0 Å². The van der Waals surface area contributed by atoms with Crippen LogP contribution in [0.3, 0.4) is 0 Å². The first-order valence-electron chi connectivity index (χ1n) is 9.62.